The number of halogens is 1. The van der Waals surface area contributed by atoms with Gasteiger partial charge in [0.1, 0.15) is 0 Å². The molecule has 29 heavy (non-hydrogen) atoms. The highest BCUT2D eigenvalue weighted by atomic mass is 35.5. The molecule has 4 aromatic rings. The molecular weight excluding hydrogens is 398 g/mol. The molecule has 0 saturated heterocycles. The Hall–Kier alpha value is -2.40. The molecule has 0 atom stereocenters. The molecule has 0 aliphatic rings. The first-order valence-electron chi connectivity index (χ1n) is 9.83. The van der Waals surface area contributed by atoms with Gasteiger partial charge in [-0.1, -0.05) is 41.9 Å². The van der Waals surface area contributed by atoms with E-state index in [0.717, 1.165) is 49.2 Å². The standard InChI is InChI=1S/C24H24ClN3S/c25-21-7-8-22-23(9-12-27-24(22)15-21)26-11-4-13-28(17-20-10-14-29-18-20)16-19-5-2-1-3-6-19/h1-3,5-10,12,14-15,18H,4,11,13,16-17H2,(H,26,27). The fourth-order valence-corrected chi connectivity index (χ4v) is 4.32. The maximum absolute atomic E-state index is 6.09. The third-order valence-electron chi connectivity index (χ3n) is 4.91. The van der Waals surface area contributed by atoms with E-state index in [1.54, 1.807) is 11.3 Å². The van der Waals surface area contributed by atoms with E-state index < -0.39 is 0 Å². The van der Waals surface area contributed by atoms with Crippen LogP contribution in [0, 0.1) is 0 Å². The first-order valence-corrected chi connectivity index (χ1v) is 11.2. The molecule has 3 nitrogen and oxygen atoms in total. The van der Waals surface area contributed by atoms with Gasteiger partial charge in [-0.05, 0) is 58.6 Å². The molecular formula is C24H24ClN3S. The Balaban J connectivity index is 1.36. The van der Waals surface area contributed by atoms with Gasteiger partial charge in [-0.25, -0.2) is 0 Å². The van der Waals surface area contributed by atoms with Gasteiger partial charge >= 0.3 is 0 Å². The summed E-state index contributed by atoms with van der Waals surface area (Å²) in [5, 5.41) is 9.79. The van der Waals surface area contributed by atoms with E-state index in [9.17, 15) is 0 Å². The van der Waals surface area contributed by atoms with Crippen LogP contribution in [0.4, 0.5) is 5.69 Å². The molecule has 5 heteroatoms. The van der Waals surface area contributed by atoms with E-state index in [1.165, 1.54) is 11.1 Å². The summed E-state index contributed by atoms with van der Waals surface area (Å²) in [6, 6.07) is 20.8. The minimum Gasteiger partial charge on any atom is -0.384 e. The van der Waals surface area contributed by atoms with Crippen LogP contribution in [0.15, 0.2) is 77.6 Å². The number of pyridine rings is 1. The Bertz CT molecular complexity index is 1030. The quantitative estimate of drug-likeness (QED) is 0.314. The first kappa shape index (κ1) is 19.9. The van der Waals surface area contributed by atoms with Gasteiger partial charge in [0.05, 0.1) is 5.52 Å². The van der Waals surface area contributed by atoms with E-state index in [4.69, 9.17) is 11.6 Å². The molecule has 148 valence electrons. The minimum absolute atomic E-state index is 0.715. The number of hydrogen-bond acceptors (Lipinski definition) is 4. The van der Waals surface area contributed by atoms with Gasteiger partial charge in [0.25, 0.3) is 0 Å². The molecule has 0 aliphatic heterocycles. The zero-order valence-electron chi connectivity index (χ0n) is 16.2. The van der Waals surface area contributed by atoms with Gasteiger partial charge in [0, 0.05) is 48.5 Å². The van der Waals surface area contributed by atoms with E-state index in [2.05, 4.69) is 62.4 Å². The van der Waals surface area contributed by atoms with Crippen molar-refractivity contribution in [3.05, 3.63) is 93.8 Å². The Morgan fingerprint density at radius 2 is 1.83 bits per heavy atom. The van der Waals surface area contributed by atoms with Crippen molar-refractivity contribution in [1.82, 2.24) is 9.88 Å². The van der Waals surface area contributed by atoms with Crippen molar-refractivity contribution in [1.29, 1.82) is 0 Å². The van der Waals surface area contributed by atoms with Crippen LogP contribution in [-0.2, 0) is 13.1 Å². The molecule has 0 saturated carbocycles. The molecule has 2 heterocycles. The number of aromatic nitrogens is 1. The van der Waals surface area contributed by atoms with Crippen molar-refractivity contribution in [2.45, 2.75) is 19.5 Å². The van der Waals surface area contributed by atoms with E-state index in [1.807, 2.05) is 30.5 Å². The maximum atomic E-state index is 6.09. The Kier molecular flexibility index (Phi) is 6.78. The molecule has 0 spiro atoms. The normalized spacial score (nSPS) is 11.2. The van der Waals surface area contributed by atoms with Crippen LogP contribution >= 0.6 is 22.9 Å². The first-order chi connectivity index (χ1) is 14.3. The fourth-order valence-electron chi connectivity index (χ4n) is 3.50. The van der Waals surface area contributed by atoms with Crippen molar-refractivity contribution >= 4 is 39.5 Å². The summed E-state index contributed by atoms with van der Waals surface area (Å²) in [5.74, 6) is 0. The molecule has 4 rings (SSSR count). The monoisotopic (exact) mass is 421 g/mol. The molecule has 2 aromatic carbocycles. The van der Waals surface area contributed by atoms with Crippen LogP contribution in [0.2, 0.25) is 5.02 Å². The minimum atomic E-state index is 0.715. The maximum Gasteiger partial charge on any atom is 0.0737 e. The van der Waals surface area contributed by atoms with Gasteiger partial charge in [0.15, 0.2) is 0 Å². The Labute approximate surface area is 181 Å². The second-order valence-corrected chi connectivity index (χ2v) is 8.34. The zero-order chi connectivity index (χ0) is 19.9. The van der Waals surface area contributed by atoms with Gasteiger partial charge < -0.3 is 5.32 Å². The number of benzene rings is 2. The van der Waals surface area contributed by atoms with Gasteiger partial charge in [-0.3, -0.25) is 9.88 Å². The van der Waals surface area contributed by atoms with Crippen molar-refractivity contribution in [2.75, 3.05) is 18.4 Å². The summed E-state index contributed by atoms with van der Waals surface area (Å²) in [6.45, 7) is 3.89. The highest BCUT2D eigenvalue weighted by Gasteiger charge is 2.08. The van der Waals surface area contributed by atoms with Gasteiger partial charge in [-0.2, -0.15) is 11.3 Å². The molecule has 0 bridgehead atoms. The van der Waals surface area contributed by atoms with Crippen LogP contribution in [0.3, 0.4) is 0 Å². The van der Waals surface area contributed by atoms with Gasteiger partial charge in [0.2, 0.25) is 0 Å². The topological polar surface area (TPSA) is 28.2 Å². The van der Waals surface area contributed by atoms with Gasteiger partial charge in [-0.15, -0.1) is 0 Å². The van der Waals surface area contributed by atoms with Crippen molar-refractivity contribution in [2.24, 2.45) is 0 Å². The number of hydrogen-bond donors (Lipinski definition) is 1. The number of anilines is 1. The summed E-state index contributed by atoms with van der Waals surface area (Å²) in [6.07, 6.45) is 2.90. The van der Waals surface area contributed by atoms with Crippen molar-refractivity contribution < 1.29 is 0 Å². The van der Waals surface area contributed by atoms with Crippen LogP contribution in [0.1, 0.15) is 17.5 Å². The van der Waals surface area contributed by atoms with E-state index in [0.29, 0.717) is 5.02 Å². The van der Waals surface area contributed by atoms with Crippen molar-refractivity contribution in [3.8, 4) is 0 Å². The van der Waals surface area contributed by atoms with Crippen molar-refractivity contribution in [3.63, 3.8) is 0 Å². The molecule has 2 aromatic heterocycles. The average Bonchev–Trinajstić information content (AvgIpc) is 3.24. The van der Waals surface area contributed by atoms with E-state index >= 15 is 0 Å². The predicted octanol–water partition coefficient (Wildman–Crippen LogP) is 6.45. The number of thiophene rings is 1. The molecule has 0 fully saturated rings. The SMILES string of the molecule is Clc1ccc2c(NCCCN(Cc3ccccc3)Cc3ccsc3)ccnc2c1. The summed E-state index contributed by atoms with van der Waals surface area (Å²) >= 11 is 7.85. The fraction of sp³-hybridized carbons (Fsp3) is 0.208. The molecule has 0 aliphatic carbocycles. The summed E-state index contributed by atoms with van der Waals surface area (Å²) in [5.41, 5.74) is 4.77. The lowest BCUT2D eigenvalue weighted by Gasteiger charge is -2.22. The third-order valence-corrected chi connectivity index (χ3v) is 5.87. The lowest BCUT2D eigenvalue weighted by Crippen LogP contribution is -2.25. The number of nitrogens with zero attached hydrogens (tertiary/aromatic N) is 2. The van der Waals surface area contributed by atoms with Crippen LogP contribution in [-0.4, -0.2) is 23.0 Å². The van der Waals surface area contributed by atoms with Crippen LogP contribution < -0.4 is 5.32 Å². The Morgan fingerprint density at radius 1 is 0.966 bits per heavy atom. The number of rotatable bonds is 9. The third kappa shape index (κ3) is 5.57. The number of nitrogens with one attached hydrogen (secondary N) is 1. The zero-order valence-corrected chi connectivity index (χ0v) is 17.8. The summed E-state index contributed by atoms with van der Waals surface area (Å²) in [4.78, 5) is 6.93. The predicted molar refractivity (Wildman–Crippen MR) is 125 cm³/mol. The van der Waals surface area contributed by atoms with Crippen LogP contribution in [0.25, 0.3) is 10.9 Å². The second-order valence-electron chi connectivity index (χ2n) is 7.13. The highest BCUT2D eigenvalue weighted by molar-refractivity contribution is 7.07. The lowest BCUT2D eigenvalue weighted by molar-refractivity contribution is 0.256. The van der Waals surface area contributed by atoms with Crippen LogP contribution in [0.5, 0.6) is 0 Å². The average molecular weight is 422 g/mol. The second kappa shape index (κ2) is 9.88. The number of fused-ring (bicyclic) bond motifs is 1. The lowest BCUT2D eigenvalue weighted by atomic mass is 10.2. The summed E-state index contributed by atoms with van der Waals surface area (Å²) in [7, 11) is 0. The molecule has 1 N–H and O–H groups in total. The molecule has 0 radical (unpaired) electrons. The Morgan fingerprint density at radius 3 is 2.66 bits per heavy atom. The molecule has 0 unspecified atom stereocenters. The largest absolute Gasteiger partial charge is 0.384 e. The smallest absolute Gasteiger partial charge is 0.0737 e. The van der Waals surface area contributed by atoms with E-state index in [-0.39, 0.29) is 0 Å². The summed E-state index contributed by atoms with van der Waals surface area (Å²) < 4.78 is 0. The highest BCUT2D eigenvalue weighted by Crippen LogP contribution is 2.24. The molecule has 0 amide bonds.